The van der Waals surface area contributed by atoms with E-state index in [2.05, 4.69) is 10.3 Å². The van der Waals surface area contributed by atoms with E-state index in [9.17, 15) is 9.59 Å². The van der Waals surface area contributed by atoms with Gasteiger partial charge in [-0.25, -0.2) is 4.98 Å². The fourth-order valence-corrected chi connectivity index (χ4v) is 3.53. The fraction of sp³-hybridized carbons (Fsp3) is 0.312. The van der Waals surface area contributed by atoms with Gasteiger partial charge in [0.15, 0.2) is 5.16 Å². The van der Waals surface area contributed by atoms with E-state index in [0.29, 0.717) is 28.9 Å². The number of hydrogen-bond acceptors (Lipinski definition) is 5. The fourth-order valence-electron chi connectivity index (χ4n) is 2.46. The minimum absolute atomic E-state index is 0.122. The number of benzene rings is 1. The molecule has 7 heteroatoms. The highest BCUT2D eigenvalue weighted by Crippen LogP contribution is 2.28. The molecule has 2 heterocycles. The summed E-state index contributed by atoms with van der Waals surface area (Å²) in [6, 6.07) is 7.03. The van der Waals surface area contributed by atoms with Crippen LogP contribution in [0.3, 0.4) is 0 Å². The molecule has 0 saturated carbocycles. The number of anilines is 1. The van der Waals surface area contributed by atoms with Crippen LogP contribution in [0.25, 0.3) is 0 Å². The predicted molar refractivity (Wildman–Crippen MR) is 89.1 cm³/mol. The summed E-state index contributed by atoms with van der Waals surface area (Å²) in [5.74, 6) is 0.797. The molecule has 0 spiro atoms. The van der Waals surface area contributed by atoms with Crippen LogP contribution in [-0.2, 0) is 11.3 Å². The molecule has 0 saturated heterocycles. The molecule has 2 aromatic rings. The Hall–Kier alpha value is -2.28. The monoisotopic (exact) mass is 331 g/mol. The van der Waals surface area contributed by atoms with Crippen molar-refractivity contribution in [1.29, 1.82) is 0 Å². The number of methoxy groups -OCH3 is 1. The number of nitrogens with one attached hydrogen (secondary N) is 1. The summed E-state index contributed by atoms with van der Waals surface area (Å²) in [7, 11) is 1.57. The molecule has 0 radical (unpaired) electrons. The van der Waals surface area contributed by atoms with Crippen molar-refractivity contribution in [3.8, 4) is 5.75 Å². The maximum absolute atomic E-state index is 12.6. The second-order valence-corrected chi connectivity index (χ2v) is 6.36. The van der Waals surface area contributed by atoms with E-state index in [0.717, 1.165) is 5.56 Å². The molecule has 1 unspecified atom stereocenters. The molecule has 1 N–H and O–H groups in total. The van der Waals surface area contributed by atoms with Crippen molar-refractivity contribution in [3.05, 3.63) is 46.4 Å². The second-order valence-electron chi connectivity index (χ2n) is 5.38. The zero-order valence-electron chi connectivity index (χ0n) is 12.9. The van der Waals surface area contributed by atoms with Crippen LogP contribution in [0.5, 0.6) is 5.75 Å². The van der Waals surface area contributed by atoms with Gasteiger partial charge in [0.05, 0.1) is 18.7 Å². The summed E-state index contributed by atoms with van der Waals surface area (Å²) in [5, 5.41) is 3.57. The predicted octanol–water partition coefficient (Wildman–Crippen LogP) is 1.92. The lowest BCUT2D eigenvalue weighted by atomic mass is 10.1. The first-order chi connectivity index (χ1) is 11.1. The summed E-state index contributed by atoms with van der Waals surface area (Å²) in [6.45, 7) is 2.29. The number of fused-ring (bicyclic) bond motifs is 1. The summed E-state index contributed by atoms with van der Waals surface area (Å²) >= 11 is 1.42. The number of rotatable bonds is 3. The normalized spacial score (nSPS) is 16.5. The third kappa shape index (κ3) is 3.24. The molecule has 0 fully saturated rings. The Morgan fingerprint density at radius 3 is 3.04 bits per heavy atom. The van der Waals surface area contributed by atoms with Crippen LogP contribution < -0.4 is 15.6 Å². The Labute approximate surface area is 137 Å². The number of carbonyl (C=O) groups is 1. The van der Waals surface area contributed by atoms with Gasteiger partial charge >= 0.3 is 0 Å². The highest BCUT2D eigenvalue weighted by molar-refractivity contribution is 7.99. The van der Waals surface area contributed by atoms with Gasteiger partial charge in [-0.15, -0.1) is 0 Å². The van der Waals surface area contributed by atoms with Crippen molar-refractivity contribution in [1.82, 2.24) is 9.55 Å². The van der Waals surface area contributed by atoms with Crippen LogP contribution >= 0.6 is 11.8 Å². The van der Waals surface area contributed by atoms with E-state index in [1.807, 2.05) is 25.1 Å². The zero-order chi connectivity index (χ0) is 16.4. The number of nitrogens with zero attached hydrogens (tertiary/aromatic N) is 2. The number of ether oxygens (including phenoxy) is 1. The quantitative estimate of drug-likeness (QED) is 0.870. The van der Waals surface area contributed by atoms with E-state index >= 15 is 0 Å². The maximum atomic E-state index is 12.6. The lowest BCUT2D eigenvalue weighted by molar-refractivity contribution is -0.119. The molecule has 1 aromatic carbocycles. The third-order valence-corrected chi connectivity index (χ3v) is 4.85. The first-order valence-corrected chi connectivity index (χ1v) is 8.21. The SMILES string of the molecule is COc1ccc(C)cc1NC(=O)C1CSc2nccc(=O)n2C1. The van der Waals surface area contributed by atoms with E-state index in [1.165, 1.54) is 24.0 Å². The first kappa shape index (κ1) is 15.6. The Morgan fingerprint density at radius 1 is 1.43 bits per heavy atom. The molecular formula is C16H17N3O3S. The smallest absolute Gasteiger partial charge is 0.254 e. The van der Waals surface area contributed by atoms with Gasteiger partial charge < -0.3 is 10.1 Å². The summed E-state index contributed by atoms with van der Waals surface area (Å²) < 4.78 is 6.83. The van der Waals surface area contributed by atoms with Crippen molar-refractivity contribution in [2.75, 3.05) is 18.2 Å². The molecule has 23 heavy (non-hydrogen) atoms. The van der Waals surface area contributed by atoms with Crippen molar-refractivity contribution >= 4 is 23.4 Å². The average Bonchev–Trinajstić information content (AvgIpc) is 2.55. The summed E-state index contributed by atoms with van der Waals surface area (Å²) in [6.07, 6.45) is 1.50. The number of aryl methyl sites for hydroxylation is 1. The van der Waals surface area contributed by atoms with Gasteiger partial charge in [-0.05, 0) is 24.6 Å². The third-order valence-electron chi connectivity index (χ3n) is 3.70. The summed E-state index contributed by atoms with van der Waals surface area (Å²) in [5.41, 5.74) is 1.55. The van der Waals surface area contributed by atoms with Gasteiger partial charge in [0.2, 0.25) is 5.91 Å². The molecule has 6 nitrogen and oxygen atoms in total. The molecule has 1 aliphatic heterocycles. The average molecular weight is 331 g/mol. The van der Waals surface area contributed by atoms with Crippen LogP contribution in [0.15, 0.2) is 40.4 Å². The molecule has 1 amide bonds. The second kappa shape index (κ2) is 6.45. The minimum Gasteiger partial charge on any atom is -0.495 e. The van der Waals surface area contributed by atoms with Gasteiger partial charge in [0.25, 0.3) is 5.56 Å². The Balaban J connectivity index is 1.79. The lowest BCUT2D eigenvalue weighted by Gasteiger charge is -2.24. The van der Waals surface area contributed by atoms with Crippen LogP contribution in [0, 0.1) is 12.8 Å². The Bertz CT molecular complexity index is 803. The number of thioether (sulfide) groups is 1. The van der Waals surface area contributed by atoms with Crippen LogP contribution in [0.1, 0.15) is 5.56 Å². The molecule has 1 aromatic heterocycles. The van der Waals surface area contributed by atoms with Crippen molar-refractivity contribution in [3.63, 3.8) is 0 Å². The van der Waals surface area contributed by atoms with Gasteiger partial charge in [-0.3, -0.25) is 14.2 Å². The number of aromatic nitrogens is 2. The molecule has 1 atom stereocenters. The highest BCUT2D eigenvalue weighted by atomic mass is 32.2. The van der Waals surface area contributed by atoms with E-state index in [4.69, 9.17) is 4.74 Å². The van der Waals surface area contributed by atoms with Gasteiger partial charge in [0.1, 0.15) is 5.75 Å². The molecule has 120 valence electrons. The summed E-state index contributed by atoms with van der Waals surface area (Å²) in [4.78, 5) is 28.6. The van der Waals surface area contributed by atoms with Gasteiger partial charge in [-0.1, -0.05) is 17.8 Å². The highest BCUT2D eigenvalue weighted by Gasteiger charge is 2.27. The first-order valence-electron chi connectivity index (χ1n) is 7.22. The van der Waals surface area contributed by atoms with Crippen LogP contribution in [-0.4, -0.2) is 28.3 Å². The molecule has 0 bridgehead atoms. The Morgan fingerprint density at radius 2 is 2.26 bits per heavy atom. The zero-order valence-corrected chi connectivity index (χ0v) is 13.7. The van der Waals surface area contributed by atoms with Crippen molar-refractivity contribution in [2.45, 2.75) is 18.6 Å². The van der Waals surface area contributed by atoms with E-state index < -0.39 is 0 Å². The molecule has 0 aliphatic carbocycles. The lowest BCUT2D eigenvalue weighted by Crippen LogP contribution is -2.36. The minimum atomic E-state index is -0.292. The van der Waals surface area contributed by atoms with Crippen molar-refractivity contribution in [2.24, 2.45) is 5.92 Å². The number of hydrogen-bond donors (Lipinski definition) is 1. The number of amides is 1. The van der Waals surface area contributed by atoms with Gasteiger partial charge in [-0.2, -0.15) is 0 Å². The molecular weight excluding hydrogens is 314 g/mol. The topological polar surface area (TPSA) is 73.2 Å². The van der Waals surface area contributed by atoms with Gasteiger partial charge in [0, 0.05) is 24.6 Å². The Kier molecular flexibility index (Phi) is 4.38. The van der Waals surface area contributed by atoms with Crippen molar-refractivity contribution < 1.29 is 9.53 Å². The standard InChI is InChI=1S/C16H17N3O3S/c1-10-3-4-13(22-2)12(7-10)18-15(21)11-8-19-14(20)5-6-17-16(19)23-9-11/h3-7,11H,8-9H2,1-2H3,(H,18,21). The molecule has 1 aliphatic rings. The van der Waals surface area contributed by atoms with Crippen LogP contribution in [0.4, 0.5) is 5.69 Å². The van der Waals surface area contributed by atoms with Crippen LogP contribution in [0.2, 0.25) is 0 Å². The van der Waals surface area contributed by atoms with E-state index in [-0.39, 0.29) is 17.4 Å². The number of carbonyl (C=O) groups excluding carboxylic acids is 1. The molecule has 3 rings (SSSR count). The maximum Gasteiger partial charge on any atom is 0.254 e. The van der Waals surface area contributed by atoms with E-state index in [1.54, 1.807) is 11.7 Å². The largest absolute Gasteiger partial charge is 0.495 e.